The van der Waals surface area contributed by atoms with E-state index in [0.29, 0.717) is 11.8 Å². The first-order valence-electron chi connectivity index (χ1n) is 7.32. The molecule has 6 nitrogen and oxygen atoms in total. The van der Waals surface area contributed by atoms with Gasteiger partial charge in [0.1, 0.15) is 0 Å². The van der Waals surface area contributed by atoms with E-state index in [1.165, 1.54) is 0 Å². The predicted molar refractivity (Wildman–Crippen MR) is 92.5 cm³/mol. The lowest BCUT2D eigenvalue weighted by Crippen LogP contribution is -2.08. The SMILES string of the molecule is CN(C)c1cccc(-c2nc3c4ccccc4nc(N)n3n2)c1. The molecular weight excluding hydrogens is 288 g/mol. The van der Waals surface area contributed by atoms with Crippen molar-refractivity contribution in [2.75, 3.05) is 24.7 Å². The van der Waals surface area contributed by atoms with Gasteiger partial charge in [-0.1, -0.05) is 24.3 Å². The van der Waals surface area contributed by atoms with Crippen molar-refractivity contribution in [3.05, 3.63) is 48.5 Å². The fourth-order valence-corrected chi connectivity index (χ4v) is 2.62. The van der Waals surface area contributed by atoms with E-state index in [1.54, 1.807) is 4.52 Å². The van der Waals surface area contributed by atoms with Gasteiger partial charge >= 0.3 is 0 Å². The molecule has 0 amide bonds. The van der Waals surface area contributed by atoms with Gasteiger partial charge in [0, 0.05) is 30.7 Å². The molecule has 2 aromatic heterocycles. The van der Waals surface area contributed by atoms with Crippen LogP contribution in [0.25, 0.3) is 27.9 Å². The molecule has 0 saturated carbocycles. The Morgan fingerprint density at radius 1 is 1.00 bits per heavy atom. The molecule has 4 aromatic rings. The molecule has 0 fully saturated rings. The third kappa shape index (κ3) is 2.15. The van der Waals surface area contributed by atoms with E-state index in [-0.39, 0.29) is 0 Å². The Morgan fingerprint density at radius 2 is 1.83 bits per heavy atom. The molecule has 0 aliphatic heterocycles. The number of fused-ring (bicyclic) bond motifs is 3. The van der Waals surface area contributed by atoms with E-state index >= 15 is 0 Å². The minimum atomic E-state index is 0.334. The molecule has 23 heavy (non-hydrogen) atoms. The van der Waals surface area contributed by atoms with Crippen LogP contribution in [0.4, 0.5) is 11.6 Å². The van der Waals surface area contributed by atoms with Gasteiger partial charge in [-0.15, -0.1) is 5.10 Å². The summed E-state index contributed by atoms with van der Waals surface area (Å²) >= 11 is 0. The largest absolute Gasteiger partial charge is 0.378 e. The van der Waals surface area contributed by atoms with Crippen LogP contribution < -0.4 is 10.6 Å². The first-order valence-corrected chi connectivity index (χ1v) is 7.32. The Balaban J connectivity index is 1.97. The van der Waals surface area contributed by atoms with Gasteiger partial charge in [-0.3, -0.25) is 0 Å². The van der Waals surface area contributed by atoms with Gasteiger partial charge < -0.3 is 10.6 Å². The molecule has 2 heterocycles. The molecule has 6 heteroatoms. The lowest BCUT2D eigenvalue weighted by atomic mass is 10.2. The number of nitrogens with two attached hydrogens (primary N) is 1. The van der Waals surface area contributed by atoms with E-state index in [1.807, 2.05) is 61.5 Å². The zero-order valence-corrected chi connectivity index (χ0v) is 12.9. The van der Waals surface area contributed by atoms with Crippen molar-refractivity contribution >= 4 is 28.2 Å². The number of para-hydroxylation sites is 1. The standard InChI is InChI=1S/C17H16N6/c1-22(2)12-7-5-6-11(10-12)15-20-16-13-8-3-4-9-14(13)19-17(18)23(16)21-15/h3-10H,1-2H3,(H2,18,19). The first kappa shape index (κ1) is 13.5. The molecule has 0 spiro atoms. The van der Waals surface area contributed by atoms with Crippen LogP contribution in [0.2, 0.25) is 0 Å². The Kier molecular flexibility index (Phi) is 2.90. The van der Waals surface area contributed by atoms with E-state index in [0.717, 1.165) is 27.8 Å². The number of nitrogen functional groups attached to an aromatic ring is 1. The predicted octanol–water partition coefficient (Wildman–Crippen LogP) is 2.59. The summed E-state index contributed by atoms with van der Waals surface area (Å²) in [5.41, 5.74) is 9.61. The molecule has 0 atom stereocenters. The van der Waals surface area contributed by atoms with Gasteiger partial charge in [-0.2, -0.15) is 4.52 Å². The highest BCUT2D eigenvalue weighted by atomic mass is 15.3. The van der Waals surface area contributed by atoms with Crippen molar-refractivity contribution in [2.24, 2.45) is 0 Å². The molecule has 4 rings (SSSR count). The minimum Gasteiger partial charge on any atom is -0.378 e. The molecule has 114 valence electrons. The van der Waals surface area contributed by atoms with E-state index < -0.39 is 0 Å². The molecule has 0 saturated heterocycles. The summed E-state index contributed by atoms with van der Waals surface area (Å²) in [7, 11) is 4.01. The summed E-state index contributed by atoms with van der Waals surface area (Å²) in [5.74, 6) is 0.972. The maximum atomic E-state index is 6.03. The van der Waals surface area contributed by atoms with E-state index in [4.69, 9.17) is 5.73 Å². The van der Waals surface area contributed by atoms with E-state index in [9.17, 15) is 0 Å². The lowest BCUT2D eigenvalue weighted by Gasteiger charge is -2.12. The van der Waals surface area contributed by atoms with Crippen molar-refractivity contribution in [3.63, 3.8) is 0 Å². The lowest BCUT2D eigenvalue weighted by molar-refractivity contribution is 0.955. The summed E-state index contributed by atoms with van der Waals surface area (Å²) in [6.07, 6.45) is 0. The van der Waals surface area contributed by atoms with Gasteiger partial charge in [-0.25, -0.2) is 9.97 Å². The topological polar surface area (TPSA) is 72.3 Å². The highest BCUT2D eigenvalue weighted by Crippen LogP contribution is 2.25. The van der Waals surface area contributed by atoms with Crippen LogP contribution in [-0.2, 0) is 0 Å². The minimum absolute atomic E-state index is 0.334. The van der Waals surface area contributed by atoms with E-state index in [2.05, 4.69) is 21.1 Å². The summed E-state index contributed by atoms with van der Waals surface area (Å²) in [6.45, 7) is 0. The Morgan fingerprint density at radius 3 is 2.65 bits per heavy atom. The summed E-state index contributed by atoms with van der Waals surface area (Å²) in [5, 5.41) is 5.47. The highest BCUT2D eigenvalue weighted by Gasteiger charge is 2.13. The number of nitrogens with zero attached hydrogens (tertiary/aromatic N) is 5. The number of rotatable bonds is 2. The van der Waals surface area contributed by atoms with Crippen LogP contribution in [0.5, 0.6) is 0 Å². The van der Waals surface area contributed by atoms with Gasteiger partial charge in [-0.05, 0) is 24.3 Å². The highest BCUT2D eigenvalue weighted by molar-refractivity contribution is 5.92. The monoisotopic (exact) mass is 304 g/mol. The van der Waals surface area contributed by atoms with Gasteiger partial charge in [0.25, 0.3) is 0 Å². The second-order valence-corrected chi connectivity index (χ2v) is 5.60. The Labute approximate surface area is 133 Å². The maximum Gasteiger partial charge on any atom is 0.223 e. The number of aromatic nitrogens is 4. The normalized spacial score (nSPS) is 11.2. The Hall–Kier alpha value is -3.15. The second-order valence-electron chi connectivity index (χ2n) is 5.60. The number of anilines is 2. The molecular formula is C17H16N6. The average Bonchev–Trinajstić information content (AvgIpc) is 3.01. The third-order valence-corrected chi connectivity index (χ3v) is 3.82. The molecule has 0 unspecified atom stereocenters. The fraction of sp³-hybridized carbons (Fsp3) is 0.118. The third-order valence-electron chi connectivity index (χ3n) is 3.82. The van der Waals surface area contributed by atoms with Crippen molar-refractivity contribution in [1.29, 1.82) is 0 Å². The smallest absolute Gasteiger partial charge is 0.223 e. The van der Waals surface area contributed by atoms with Crippen LogP contribution in [0, 0.1) is 0 Å². The first-order chi connectivity index (χ1) is 11.1. The van der Waals surface area contributed by atoms with Crippen LogP contribution in [-0.4, -0.2) is 33.7 Å². The van der Waals surface area contributed by atoms with Crippen LogP contribution in [0.3, 0.4) is 0 Å². The summed E-state index contributed by atoms with van der Waals surface area (Å²) < 4.78 is 1.60. The quantitative estimate of drug-likeness (QED) is 0.616. The van der Waals surface area contributed by atoms with Crippen molar-refractivity contribution in [1.82, 2.24) is 19.6 Å². The number of hydrogen-bond acceptors (Lipinski definition) is 5. The molecule has 0 bridgehead atoms. The van der Waals surface area contributed by atoms with Crippen molar-refractivity contribution < 1.29 is 0 Å². The molecule has 0 radical (unpaired) electrons. The van der Waals surface area contributed by atoms with Crippen LogP contribution in [0.15, 0.2) is 48.5 Å². The Bertz CT molecular complexity index is 1020. The second kappa shape index (κ2) is 4.95. The average molecular weight is 304 g/mol. The van der Waals surface area contributed by atoms with Crippen molar-refractivity contribution in [2.45, 2.75) is 0 Å². The maximum absolute atomic E-state index is 6.03. The number of benzene rings is 2. The summed E-state index contributed by atoms with van der Waals surface area (Å²) in [4.78, 5) is 11.1. The molecule has 0 aliphatic carbocycles. The molecule has 0 aliphatic rings. The van der Waals surface area contributed by atoms with Crippen molar-refractivity contribution in [3.8, 4) is 11.4 Å². The molecule has 2 aromatic carbocycles. The zero-order chi connectivity index (χ0) is 16.0. The fourth-order valence-electron chi connectivity index (χ4n) is 2.62. The van der Waals surface area contributed by atoms with Crippen LogP contribution >= 0.6 is 0 Å². The molecule has 2 N–H and O–H groups in total. The number of hydrogen-bond donors (Lipinski definition) is 1. The zero-order valence-electron chi connectivity index (χ0n) is 12.9. The summed E-state index contributed by atoms with van der Waals surface area (Å²) in [6, 6.07) is 15.9. The van der Waals surface area contributed by atoms with Crippen LogP contribution in [0.1, 0.15) is 0 Å². The van der Waals surface area contributed by atoms with Gasteiger partial charge in [0.15, 0.2) is 11.5 Å². The van der Waals surface area contributed by atoms with Gasteiger partial charge in [0.2, 0.25) is 5.95 Å². The van der Waals surface area contributed by atoms with Gasteiger partial charge in [0.05, 0.1) is 5.52 Å².